The van der Waals surface area contributed by atoms with Crippen LogP contribution in [0.15, 0.2) is 18.5 Å². The lowest BCUT2D eigenvalue weighted by Crippen LogP contribution is -2.03. The molecule has 0 amide bonds. The van der Waals surface area contributed by atoms with Crippen LogP contribution in [0.4, 0.5) is 5.69 Å². The van der Waals surface area contributed by atoms with Gasteiger partial charge in [0.25, 0.3) is 0 Å². The van der Waals surface area contributed by atoms with Crippen LogP contribution in [-0.4, -0.2) is 14.8 Å². The van der Waals surface area contributed by atoms with E-state index in [-0.39, 0.29) is 0 Å². The highest BCUT2D eigenvalue weighted by Crippen LogP contribution is 2.23. The second kappa shape index (κ2) is 5.40. The van der Waals surface area contributed by atoms with E-state index in [4.69, 9.17) is 11.6 Å². The lowest BCUT2D eigenvalue weighted by Gasteiger charge is -2.10. The minimum absolute atomic E-state index is 0.511. The Kier molecular flexibility index (Phi) is 3.87. The zero-order valence-corrected chi connectivity index (χ0v) is 11.6. The van der Waals surface area contributed by atoms with Gasteiger partial charge in [0.2, 0.25) is 0 Å². The van der Waals surface area contributed by atoms with Crippen molar-refractivity contribution >= 4 is 17.3 Å². The van der Waals surface area contributed by atoms with Gasteiger partial charge in [0.1, 0.15) is 0 Å². The monoisotopic (exact) mass is 264 g/mol. The van der Waals surface area contributed by atoms with Crippen molar-refractivity contribution in [1.82, 2.24) is 14.8 Å². The third-order valence-corrected chi connectivity index (χ3v) is 3.18. The molecule has 0 aliphatic heterocycles. The van der Waals surface area contributed by atoms with E-state index in [9.17, 15) is 0 Å². The highest BCUT2D eigenvalue weighted by atomic mass is 35.5. The van der Waals surface area contributed by atoms with Crippen LogP contribution >= 0.6 is 11.6 Å². The van der Waals surface area contributed by atoms with Gasteiger partial charge in [-0.05, 0) is 25.0 Å². The summed E-state index contributed by atoms with van der Waals surface area (Å²) in [5.74, 6) is 0. The fourth-order valence-electron chi connectivity index (χ4n) is 1.95. The molecule has 0 unspecified atom stereocenters. The Morgan fingerprint density at radius 1 is 1.44 bits per heavy atom. The van der Waals surface area contributed by atoms with Gasteiger partial charge in [-0.25, -0.2) is 4.98 Å². The Hall–Kier alpha value is -1.55. The van der Waals surface area contributed by atoms with E-state index in [2.05, 4.69) is 22.3 Å². The Balaban J connectivity index is 2.16. The van der Waals surface area contributed by atoms with E-state index in [1.807, 2.05) is 30.9 Å². The van der Waals surface area contributed by atoms with Crippen molar-refractivity contribution < 1.29 is 0 Å². The standard InChI is InChI=1S/C13H17ClN4/c1-4-11-10(8-18(3)17-11)7-16-12-9(2)5-6-15-13(12)14/h5-6,8,16H,4,7H2,1-3H3. The first-order chi connectivity index (χ1) is 8.61. The molecule has 2 aromatic heterocycles. The number of halogens is 1. The van der Waals surface area contributed by atoms with Gasteiger partial charge < -0.3 is 5.32 Å². The lowest BCUT2D eigenvalue weighted by molar-refractivity contribution is 0.746. The topological polar surface area (TPSA) is 42.7 Å². The molecule has 1 N–H and O–H groups in total. The summed E-state index contributed by atoms with van der Waals surface area (Å²) >= 11 is 6.08. The van der Waals surface area contributed by atoms with Crippen LogP contribution < -0.4 is 5.32 Å². The third kappa shape index (κ3) is 2.64. The number of anilines is 1. The summed E-state index contributed by atoms with van der Waals surface area (Å²) in [6.07, 6.45) is 4.67. The van der Waals surface area contributed by atoms with Crippen LogP contribution in [0.1, 0.15) is 23.7 Å². The van der Waals surface area contributed by atoms with Crippen molar-refractivity contribution in [2.75, 3.05) is 5.32 Å². The largest absolute Gasteiger partial charge is 0.378 e. The highest BCUT2D eigenvalue weighted by Gasteiger charge is 2.08. The number of pyridine rings is 1. The predicted octanol–water partition coefficient (Wildman–Crippen LogP) is 2.95. The van der Waals surface area contributed by atoms with Crippen molar-refractivity contribution in [1.29, 1.82) is 0 Å². The lowest BCUT2D eigenvalue weighted by atomic mass is 10.2. The maximum Gasteiger partial charge on any atom is 0.152 e. The summed E-state index contributed by atoms with van der Waals surface area (Å²) < 4.78 is 1.84. The van der Waals surface area contributed by atoms with E-state index < -0.39 is 0 Å². The van der Waals surface area contributed by atoms with Crippen molar-refractivity contribution in [3.05, 3.63) is 40.4 Å². The zero-order valence-electron chi connectivity index (χ0n) is 10.9. The molecule has 0 saturated carbocycles. The minimum atomic E-state index is 0.511. The molecule has 0 spiro atoms. The number of nitrogens with one attached hydrogen (secondary N) is 1. The fraction of sp³-hybridized carbons (Fsp3) is 0.385. The first-order valence-corrected chi connectivity index (χ1v) is 6.36. The quantitative estimate of drug-likeness (QED) is 0.864. The Morgan fingerprint density at radius 3 is 2.89 bits per heavy atom. The normalized spacial score (nSPS) is 10.7. The second-order valence-electron chi connectivity index (χ2n) is 4.28. The van der Waals surface area contributed by atoms with E-state index in [0.717, 1.165) is 23.4 Å². The van der Waals surface area contributed by atoms with Crippen molar-refractivity contribution in [3.8, 4) is 0 Å². The molecule has 0 bridgehead atoms. The highest BCUT2D eigenvalue weighted by molar-refractivity contribution is 6.32. The average Bonchev–Trinajstić information content (AvgIpc) is 2.69. The smallest absolute Gasteiger partial charge is 0.152 e. The van der Waals surface area contributed by atoms with Gasteiger partial charge in [-0.2, -0.15) is 5.10 Å². The molecule has 0 radical (unpaired) electrons. The second-order valence-corrected chi connectivity index (χ2v) is 4.63. The van der Waals surface area contributed by atoms with Gasteiger partial charge in [0.15, 0.2) is 5.15 Å². The van der Waals surface area contributed by atoms with E-state index in [1.54, 1.807) is 6.20 Å². The van der Waals surface area contributed by atoms with E-state index >= 15 is 0 Å². The molecule has 18 heavy (non-hydrogen) atoms. The molecule has 2 heterocycles. The summed E-state index contributed by atoms with van der Waals surface area (Å²) in [7, 11) is 1.94. The molecular weight excluding hydrogens is 248 g/mol. The van der Waals surface area contributed by atoms with Crippen molar-refractivity contribution in [2.45, 2.75) is 26.8 Å². The minimum Gasteiger partial charge on any atom is -0.378 e. The maximum atomic E-state index is 6.08. The summed E-state index contributed by atoms with van der Waals surface area (Å²) in [5, 5.41) is 8.26. The molecule has 0 aromatic carbocycles. The predicted molar refractivity (Wildman–Crippen MR) is 73.9 cm³/mol. The molecule has 0 saturated heterocycles. The number of hydrogen-bond acceptors (Lipinski definition) is 3. The molecule has 96 valence electrons. The van der Waals surface area contributed by atoms with Gasteiger partial charge in [-0.15, -0.1) is 0 Å². The zero-order chi connectivity index (χ0) is 13.1. The van der Waals surface area contributed by atoms with Crippen LogP contribution in [0.2, 0.25) is 5.15 Å². The number of rotatable bonds is 4. The van der Waals surface area contributed by atoms with Crippen LogP contribution in [-0.2, 0) is 20.0 Å². The van der Waals surface area contributed by atoms with Gasteiger partial charge in [0.05, 0.1) is 11.4 Å². The number of nitrogens with zero attached hydrogens (tertiary/aromatic N) is 3. The average molecular weight is 265 g/mol. The van der Waals surface area contributed by atoms with Crippen molar-refractivity contribution in [2.24, 2.45) is 7.05 Å². The molecular formula is C13H17ClN4. The van der Waals surface area contributed by atoms with Gasteiger partial charge >= 0.3 is 0 Å². The first-order valence-electron chi connectivity index (χ1n) is 5.98. The molecule has 0 fully saturated rings. The molecule has 0 atom stereocenters. The van der Waals surface area contributed by atoms with Crippen molar-refractivity contribution in [3.63, 3.8) is 0 Å². The van der Waals surface area contributed by atoms with Crippen LogP contribution in [0.3, 0.4) is 0 Å². The van der Waals surface area contributed by atoms with Gasteiger partial charge in [-0.1, -0.05) is 18.5 Å². The fourth-order valence-corrected chi connectivity index (χ4v) is 2.22. The van der Waals surface area contributed by atoms with Crippen LogP contribution in [0, 0.1) is 6.92 Å². The molecule has 2 rings (SSSR count). The van der Waals surface area contributed by atoms with Gasteiger partial charge in [0, 0.05) is 31.5 Å². The maximum absolute atomic E-state index is 6.08. The third-order valence-electron chi connectivity index (χ3n) is 2.90. The van der Waals surface area contributed by atoms with E-state index in [1.165, 1.54) is 5.56 Å². The Labute approximate surface area is 112 Å². The van der Waals surface area contributed by atoms with Crippen LogP contribution in [0.25, 0.3) is 0 Å². The summed E-state index contributed by atoms with van der Waals surface area (Å²) in [5.41, 5.74) is 4.30. The SMILES string of the molecule is CCc1nn(C)cc1CNc1c(C)ccnc1Cl. The summed E-state index contributed by atoms with van der Waals surface area (Å²) in [6.45, 7) is 4.83. The van der Waals surface area contributed by atoms with E-state index in [0.29, 0.717) is 11.7 Å². The van der Waals surface area contributed by atoms with Gasteiger partial charge in [-0.3, -0.25) is 4.68 Å². The summed E-state index contributed by atoms with van der Waals surface area (Å²) in [4.78, 5) is 4.08. The molecule has 2 aromatic rings. The molecule has 4 nitrogen and oxygen atoms in total. The Morgan fingerprint density at radius 2 is 2.22 bits per heavy atom. The Bertz CT molecular complexity index is 528. The number of hydrogen-bond donors (Lipinski definition) is 1. The molecule has 0 aliphatic rings. The number of aryl methyl sites for hydroxylation is 3. The molecule has 0 aliphatic carbocycles. The van der Waals surface area contributed by atoms with Crippen LogP contribution in [0.5, 0.6) is 0 Å². The molecule has 5 heteroatoms. The number of aromatic nitrogens is 3. The summed E-state index contributed by atoms with van der Waals surface area (Å²) in [6, 6.07) is 1.94. The first kappa shape index (κ1) is 12.9.